The van der Waals surface area contributed by atoms with Crippen LogP contribution in [0.15, 0.2) is 90.0 Å². The molecule has 0 saturated carbocycles. The van der Waals surface area contributed by atoms with E-state index in [1.54, 1.807) is 0 Å². The van der Waals surface area contributed by atoms with Crippen molar-refractivity contribution in [3.8, 4) is 0 Å². The molecule has 2 atom stereocenters. The van der Waals surface area contributed by atoms with Gasteiger partial charge in [-0.1, -0.05) is 100 Å². The number of esters is 1. The third-order valence-electron chi connectivity index (χ3n) is 6.87. The minimum absolute atomic E-state index is 0.121. The van der Waals surface area contributed by atoms with E-state index in [0.717, 1.165) is 28.9 Å². The number of para-hydroxylation sites is 1. The van der Waals surface area contributed by atoms with Crippen LogP contribution in [0.4, 0.5) is 5.69 Å². The van der Waals surface area contributed by atoms with Crippen molar-refractivity contribution in [2.45, 2.75) is 53.0 Å². The van der Waals surface area contributed by atoms with E-state index in [4.69, 9.17) is 9.84 Å². The summed E-state index contributed by atoms with van der Waals surface area (Å²) >= 11 is 0. The first-order valence-corrected chi connectivity index (χ1v) is 12.5. The number of carbonyl (C=O) groups excluding carboxylic acids is 1. The minimum atomic E-state index is -0.327. The van der Waals surface area contributed by atoms with Crippen molar-refractivity contribution in [1.29, 1.82) is 0 Å². The summed E-state index contributed by atoms with van der Waals surface area (Å²) < 4.78 is 5.95. The molecule has 1 aliphatic rings. The van der Waals surface area contributed by atoms with Gasteiger partial charge in [-0.25, -0.2) is 0 Å². The predicted molar refractivity (Wildman–Crippen MR) is 144 cm³/mol. The number of hydrogen-bond donors (Lipinski definition) is 0. The zero-order valence-electron chi connectivity index (χ0n) is 21.4. The fraction of sp³-hybridized carbons (Fsp3) is 0.355. The highest BCUT2D eigenvalue weighted by Gasteiger charge is 2.46. The summed E-state index contributed by atoms with van der Waals surface area (Å²) in [7, 11) is 0. The Hall–Kier alpha value is -3.40. The molecule has 0 spiro atoms. The first-order valence-electron chi connectivity index (χ1n) is 12.5. The van der Waals surface area contributed by atoms with Gasteiger partial charge in [0.05, 0.1) is 23.4 Å². The standard InChI is InChI=1S/C31H36N2O2/c1-22(2)20-24-16-18-25(19-17-24)23(3)30(34)35-21-28-31(4,5)29(26-12-8-6-9-13-26)32-33(28)27-14-10-7-11-15-27/h6-19,22-23,28H,20-21H2,1-5H3. The van der Waals surface area contributed by atoms with Crippen molar-refractivity contribution in [3.05, 3.63) is 102 Å². The number of hydrazone groups is 1. The molecule has 0 aromatic heterocycles. The summed E-state index contributed by atoms with van der Waals surface area (Å²) in [6, 6.07) is 28.6. The number of carbonyl (C=O) groups is 1. The van der Waals surface area contributed by atoms with Crippen LogP contribution < -0.4 is 5.01 Å². The normalized spacial score (nSPS) is 17.8. The molecule has 1 heterocycles. The molecule has 3 aromatic carbocycles. The summed E-state index contributed by atoms with van der Waals surface area (Å²) in [5.74, 6) is 0.0689. The predicted octanol–water partition coefficient (Wildman–Crippen LogP) is 6.85. The molecule has 0 fully saturated rings. The molecular formula is C31H36N2O2. The molecule has 0 radical (unpaired) electrons. The van der Waals surface area contributed by atoms with Crippen LogP contribution in [0.5, 0.6) is 0 Å². The second kappa shape index (κ2) is 10.5. The van der Waals surface area contributed by atoms with E-state index >= 15 is 0 Å². The highest BCUT2D eigenvalue weighted by molar-refractivity contribution is 6.07. The fourth-order valence-corrected chi connectivity index (χ4v) is 4.73. The van der Waals surface area contributed by atoms with Gasteiger partial charge in [0.1, 0.15) is 6.61 Å². The van der Waals surface area contributed by atoms with Crippen molar-refractivity contribution >= 4 is 17.4 Å². The summed E-state index contributed by atoms with van der Waals surface area (Å²) in [6.45, 7) is 11.0. The van der Waals surface area contributed by atoms with Crippen LogP contribution in [-0.4, -0.2) is 24.3 Å². The molecule has 4 heteroatoms. The maximum atomic E-state index is 13.1. The molecule has 4 rings (SSSR count). The van der Waals surface area contributed by atoms with E-state index in [1.165, 1.54) is 5.56 Å². The zero-order valence-corrected chi connectivity index (χ0v) is 21.4. The van der Waals surface area contributed by atoms with E-state index in [2.05, 4.69) is 64.1 Å². The van der Waals surface area contributed by atoms with E-state index in [-0.39, 0.29) is 30.0 Å². The highest BCUT2D eigenvalue weighted by atomic mass is 16.5. The summed E-state index contributed by atoms with van der Waals surface area (Å²) in [4.78, 5) is 13.1. The van der Waals surface area contributed by atoms with Gasteiger partial charge in [-0.3, -0.25) is 9.80 Å². The highest BCUT2D eigenvalue weighted by Crippen LogP contribution is 2.39. The number of ether oxygens (including phenoxy) is 1. The number of nitrogens with zero attached hydrogens (tertiary/aromatic N) is 2. The SMILES string of the molecule is CC(C)Cc1ccc(C(C)C(=O)OCC2N(c3ccccc3)N=C(c3ccccc3)C2(C)C)cc1. The quantitative estimate of drug-likeness (QED) is 0.340. The Labute approximate surface area is 209 Å². The second-order valence-electron chi connectivity index (χ2n) is 10.4. The number of anilines is 1. The second-order valence-corrected chi connectivity index (χ2v) is 10.4. The molecule has 0 bridgehead atoms. The van der Waals surface area contributed by atoms with Gasteiger partial charge in [0.25, 0.3) is 0 Å². The van der Waals surface area contributed by atoms with Gasteiger partial charge in [-0.2, -0.15) is 5.10 Å². The lowest BCUT2D eigenvalue weighted by atomic mass is 9.78. The van der Waals surface area contributed by atoms with Crippen LogP contribution in [0.2, 0.25) is 0 Å². The molecule has 0 saturated heterocycles. The van der Waals surface area contributed by atoms with Crippen molar-refractivity contribution in [2.24, 2.45) is 16.4 Å². The average Bonchev–Trinajstić information content (AvgIpc) is 3.13. The molecule has 3 aromatic rings. The lowest BCUT2D eigenvalue weighted by Gasteiger charge is -2.33. The number of benzene rings is 3. The van der Waals surface area contributed by atoms with Gasteiger partial charge in [-0.05, 0) is 48.1 Å². The maximum absolute atomic E-state index is 13.1. The number of rotatable bonds is 8. The molecule has 182 valence electrons. The van der Waals surface area contributed by atoms with Crippen molar-refractivity contribution in [1.82, 2.24) is 0 Å². The van der Waals surface area contributed by atoms with Crippen molar-refractivity contribution in [2.75, 3.05) is 11.6 Å². The topological polar surface area (TPSA) is 41.9 Å². The third-order valence-corrected chi connectivity index (χ3v) is 6.87. The molecule has 1 aliphatic heterocycles. The summed E-state index contributed by atoms with van der Waals surface area (Å²) in [5, 5.41) is 7.05. The van der Waals surface area contributed by atoms with Crippen LogP contribution >= 0.6 is 0 Å². The molecule has 0 N–H and O–H groups in total. The molecular weight excluding hydrogens is 432 g/mol. The van der Waals surface area contributed by atoms with Gasteiger partial charge < -0.3 is 4.74 Å². The fourth-order valence-electron chi connectivity index (χ4n) is 4.73. The molecule has 4 nitrogen and oxygen atoms in total. The lowest BCUT2D eigenvalue weighted by molar-refractivity contribution is -0.146. The molecule has 2 unspecified atom stereocenters. The Balaban J connectivity index is 1.52. The van der Waals surface area contributed by atoms with Crippen molar-refractivity contribution in [3.63, 3.8) is 0 Å². The van der Waals surface area contributed by atoms with E-state index in [9.17, 15) is 4.79 Å². The summed E-state index contributed by atoms with van der Waals surface area (Å²) in [5.41, 5.74) is 5.02. The largest absolute Gasteiger partial charge is 0.463 e. The minimum Gasteiger partial charge on any atom is -0.463 e. The van der Waals surface area contributed by atoms with Crippen LogP contribution in [-0.2, 0) is 16.0 Å². The van der Waals surface area contributed by atoms with Gasteiger partial charge in [0.15, 0.2) is 0 Å². The van der Waals surface area contributed by atoms with Crippen LogP contribution in [0.3, 0.4) is 0 Å². The van der Waals surface area contributed by atoms with Crippen molar-refractivity contribution < 1.29 is 9.53 Å². The van der Waals surface area contributed by atoms with Gasteiger partial charge in [-0.15, -0.1) is 0 Å². The molecule has 35 heavy (non-hydrogen) atoms. The average molecular weight is 469 g/mol. The lowest BCUT2D eigenvalue weighted by Crippen LogP contribution is -2.44. The monoisotopic (exact) mass is 468 g/mol. The molecule has 0 aliphatic carbocycles. The zero-order chi connectivity index (χ0) is 25.0. The van der Waals surface area contributed by atoms with E-state index in [0.29, 0.717) is 5.92 Å². The van der Waals surface area contributed by atoms with Gasteiger partial charge in [0.2, 0.25) is 0 Å². The third kappa shape index (κ3) is 5.48. The Kier molecular flexibility index (Phi) is 7.39. The van der Waals surface area contributed by atoms with Gasteiger partial charge >= 0.3 is 5.97 Å². The van der Waals surface area contributed by atoms with E-state index < -0.39 is 0 Å². The summed E-state index contributed by atoms with van der Waals surface area (Å²) in [6.07, 6.45) is 1.04. The van der Waals surface area contributed by atoms with Gasteiger partial charge in [0, 0.05) is 5.41 Å². The van der Waals surface area contributed by atoms with Crippen LogP contribution in [0.1, 0.15) is 57.2 Å². The maximum Gasteiger partial charge on any atom is 0.313 e. The van der Waals surface area contributed by atoms with Crippen LogP contribution in [0.25, 0.3) is 0 Å². The first-order chi connectivity index (χ1) is 16.8. The molecule has 0 amide bonds. The Bertz CT molecular complexity index is 1150. The Morgan fingerprint density at radius 3 is 2.11 bits per heavy atom. The Morgan fingerprint density at radius 2 is 1.51 bits per heavy atom. The first kappa shape index (κ1) is 24.7. The van der Waals surface area contributed by atoms with Crippen LogP contribution in [0, 0.1) is 11.3 Å². The Morgan fingerprint density at radius 1 is 0.914 bits per heavy atom. The number of hydrogen-bond acceptors (Lipinski definition) is 4. The van der Waals surface area contributed by atoms with E-state index in [1.807, 2.05) is 60.5 Å². The smallest absolute Gasteiger partial charge is 0.313 e.